The number of unbranched alkanes of at least 4 members (excludes halogenated alkanes) is 1. The number of carbonyl (C=O) groups excluding carboxylic acids is 1. The van der Waals surface area contributed by atoms with Crippen LogP contribution in [0.25, 0.3) is 0 Å². The Balaban J connectivity index is 2.23. The Morgan fingerprint density at radius 1 is 1.28 bits per heavy atom. The second kappa shape index (κ2) is 7.68. The molecule has 0 saturated heterocycles. The summed E-state index contributed by atoms with van der Waals surface area (Å²) in [6.45, 7) is 8.39. The molecule has 0 bridgehead atoms. The fourth-order valence-electron chi connectivity index (χ4n) is 3.24. The maximum atomic E-state index is 11.1. The summed E-state index contributed by atoms with van der Waals surface area (Å²) in [7, 11) is 0. The van der Waals surface area contributed by atoms with Crippen LogP contribution in [0.4, 0.5) is 5.69 Å². The highest BCUT2D eigenvalue weighted by Gasteiger charge is 2.41. The van der Waals surface area contributed by atoms with Gasteiger partial charge in [0.25, 0.3) is 0 Å². The van der Waals surface area contributed by atoms with Gasteiger partial charge in [0.15, 0.2) is 0 Å². The third-order valence-corrected chi connectivity index (χ3v) is 4.38. The minimum Gasteiger partial charge on any atom is -0.463 e. The van der Waals surface area contributed by atoms with Crippen molar-refractivity contribution in [3.05, 3.63) is 53.8 Å². The quantitative estimate of drug-likeness (QED) is 0.343. The molecule has 1 aliphatic heterocycles. The number of esters is 1. The maximum Gasteiger partial charge on any atom is 0.330 e. The Bertz CT molecular complexity index is 778. The summed E-state index contributed by atoms with van der Waals surface area (Å²) in [5.41, 5.74) is 2.59. The third-order valence-electron chi connectivity index (χ3n) is 4.38. The summed E-state index contributed by atoms with van der Waals surface area (Å²) >= 11 is 0. The fraction of sp³-hybridized carbons (Fsp3) is 0.350. The Hall–Kier alpha value is -3.05. The predicted molar refractivity (Wildman–Crippen MR) is 95.5 cm³/mol. The van der Waals surface area contributed by atoms with Crippen molar-refractivity contribution in [3.8, 4) is 12.1 Å². The van der Waals surface area contributed by atoms with Crippen LogP contribution >= 0.6 is 0 Å². The van der Waals surface area contributed by atoms with E-state index in [0.29, 0.717) is 19.6 Å². The fourth-order valence-corrected chi connectivity index (χ4v) is 3.24. The highest BCUT2D eigenvalue weighted by molar-refractivity contribution is 5.81. The average Bonchev–Trinajstić information content (AvgIpc) is 2.84. The van der Waals surface area contributed by atoms with E-state index in [1.54, 1.807) is 0 Å². The molecule has 0 unspecified atom stereocenters. The van der Waals surface area contributed by atoms with Crippen molar-refractivity contribution >= 4 is 11.7 Å². The number of para-hydroxylation sites is 1. The van der Waals surface area contributed by atoms with E-state index in [9.17, 15) is 15.3 Å². The molecule has 1 aromatic rings. The van der Waals surface area contributed by atoms with E-state index in [4.69, 9.17) is 4.74 Å². The number of anilines is 1. The summed E-state index contributed by atoms with van der Waals surface area (Å²) < 4.78 is 4.99. The molecule has 1 heterocycles. The van der Waals surface area contributed by atoms with E-state index in [2.05, 4.69) is 6.58 Å². The average molecular weight is 335 g/mol. The van der Waals surface area contributed by atoms with Crippen molar-refractivity contribution in [2.75, 3.05) is 18.1 Å². The lowest BCUT2D eigenvalue weighted by molar-refractivity contribution is -0.137. The largest absolute Gasteiger partial charge is 0.463 e. The minimum absolute atomic E-state index is 0.138. The zero-order valence-electron chi connectivity index (χ0n) is 14.6. The van der Waals surface area contributed by atoms with Crippen molar-refractivity contribution < 1.29 is 9.53 Å². The summed E-state index contributed by atoms with van der Waals surface area (Å²) in [4.78, 5) is 13.1. The van der Waals surface area contributed by atoms with Gasteiger partial charge in [-0.2, -0.15) is 10.5 Å². The van der Waals surface area contributed by atoms with E-state index in [0.717, 1.165) is 29.4 Å². The molecule has 0 fully saturated rings. The van der Waals surface area contributed by atoms with Crippen LogP contribution < -0.4 is 4.90 Å². The molecule has 5 nitrogen and oxygen atoms in total. The smallest absolute Gasteiger partial charge is 0.330 e. The van der Waals surface area contributed by atoms with Crippen LogP contribution in [0.3, 0.4) is 0 Å². The lowest BCUT2D eigenvalue weighted by atomic mass is 9.82. The highest BCUT2D eigenvalue weighted by Crippen LogP contribution is 2.48. The molecule has 5 heteroatoms. The lowest BCUT2D eigenvalue weighted by Gasteiger charge is -2.27. The van der Waals surface area contributed by atoms with Gasteiger partial charge in [-0.1, -0.05) is 38.6 Å². The van der Waals surface area contributed by atoms with E-state index in [1.807, 2.05) is 55.2 Å². The Morgan fingerprint density at radius 3 is 2.60 bits per heavy atom. The summed E-state index contributed by atoms with van der Waals surface area (Å²) in [5.74, 6) is -0.426. The van der Waals surface area contributed by atoms with Crippen LogP contribution in [0.15, 0.2) is 48.2 Å². The second-order valence-corrected chi connectivity index (χ2v) is 6.32. The van der Waals surface area contributed by atoms with Gasteiger partial charge in [-0.05, 0) is 24.5 Å². The molecule has 25 heavy (non-hydrogen) atoms. The monoisotopic (exact) mass is 335 g/mol. The molecule has 1 aromatic carbocycles. The van der Waals surface area contributed by atoms with E-state index in [1.165, 1.54) is 0 Å². The Labute approximate surface area is 148 Å². The van der Waals surface area contributed by atoms with Crippen LogP contribution in [0.2, 0.25) is 0 Å². The van der Waals surface area contributed by atoms with Gasteiger partial charge in [-0.25, -0.2) is 4.79 Å². The Morgan fingerprint density at radius 2 is 1.96 bits per heavy atom. The van der Waals surface area contributed by atoms with Crippen LogP contribution in [-0.4, -0.2) is 19.1 Å². The number of benzene rings is 1. The van der Waals surface area contributed by atoms with Crippen LogP contribution in [0.5, 0.6) is 0 Å². The zero-order valence-corrected chi connectivity index (χ0v) is 14.6. The molecule has 0 atom stereocenters. The number of carbonyl (C=O) groups is 1. The highest BCUT2D eigenvalue weighted by atomic mass is 16.5. The second-order valence-electron chi connectivity index (χ2n) is 6.32. The predicted octanol–water partition coefficient (Wildman–Crippen LogP) is 3.59. The molecule has 0 aliphatic carbocycles. The van der Waals surface area contributed by atoms with Crippen molar-refractivity contribution in [1.29, 1.82) is 10.5 Å². The zero-order chi connectivity index (χ0) is 18.4. The van der Waals surface area contributed by atoms with Crippen molar-refractivity contribution in [2.45, 2.75) is 32.1 Å². The standard InChI is InChI=1S/C20H21N3O2/c1-4-18(24)25-12-8-7-11-23-17-10-6-5-9-16(17)20(2,3)19(23)15(13-21)14-22/h4-6,9-10H,1,7-8,11-12H2,2-3H3. The maximum absolute atomic E-state index is 11.1. The molecular formula is C20H21N3O2. The minimum atomic E-state index is -0.426. The number of nitriles is 2. The molecule has 0 radical (unpaired) electrons. The first kappa shape index (κ1) is 18.3. The van der Waals surface area contributed by atoms with Gasteiger partial charge in [0.2, 0.25) is 0 Å². The molecule has 0 aromatic heterocycles. The number of ether oxygens (including phenoxy) is 1. The van der Waals surface area contributed by atoms with E-state index < -0.39 is 11.4 Å². The van der Waals surface area contributed by atoms with Crippen LogP contribution in [0.1, 0.15) is 32.3 Å². The summed E-state index contributed by atoms with van der Waals surface area (Å²) in [6, 6.07) is 12.0. The van der Waals surface area contributed by atoms with Crippen molar-refractivity contribution in [2.24, 2.45) is 0 Å². The SMILES string of the molecule is C=CC(=O)OCCCCN1C(=C(C#N)C#N)C(C)(C)c2ccccc21. The number of rotatable bonds is 6. The third kappa shape index (κ3) is 3.56. The van der Waals surface area contributed by atoms with Gasteiger partial charge in [-0.15, -0.1) is 0 Å². The number of hydrogen-bond acceptors (Lipinski definition) is 5. The molecule has 0 N–H and O–H groups in total. The summed E-state index contributed by atoms with van der Waals surface area (Å²) in [6.07, 6.45) is 2.61. The first-order chi connectivity index (χ1) is 12.0. The van der Waals surface area contributed by atoms with E-state index in [-0.39, 0.29) is 5.57 Å². The first-order valence-corrected chi connectivity index (χ1v) is 8.18. The number of fused-ring (bicyclic) bond motifs is 1. The van der Waals surface area contributed by atoms with Gasteiger partial charge < -0.3 is 9.64 Å². The lowest BCUT2D eigenvalue weighted by Crippen LogP contribution is -2.28. The van der Waals surface area contributed by atoms with Crippen molar-refractivity contribution in [3.63, 3.8) is 0 Å². The van der Waals surface area contributed by atoms with Gasteiger partial charge in [0.05, 0.1) is 12.3 Å². The number of hydrogen-bond donors (Lipinski definition) is 0. The molecule has 1 aliphatic rings. The Kier molecular flexibility index (Phi) is 5.62. The first-order valence-electron chi connectivity index (χ1n) is 8.18. The molecule has 0 spiro atoms. The number of nitrogens with zero attached hydrogens (tertiary/aromatic N) is 3. The van der Waals surface area contributed by atoms with Crippen LogP contribution in [0, 0.1) is 22.7 Å². The van der Waals surface area contributed by atoms with Gasteiger partial charge in [-0.3, -0.25) is 0 Å². The van der Waals surface area contributed by atoms with Crippen LogP contribution in [-0.2, 0) is 14.9 Å². The normalized spacial score (nSPS) is 14.2. The molecule has 2 rings (SSSR count). The molecule has 0 saturated carbocycles. The number of allylic oxidation sites excluding steroid dienone is 2. The van der Waals surface area contributed by atoms with Gasteiger partial charge in [0.1, 0.15) is 17.7 Å². The van der Waals surface area contributed by atoms with Gasteiger partial charge >= 0.3 is 5.97 Å². The molecule has 0 amide bonds. The molecule has 128 valence electrons. The van der Waals surface area contributed by atoms with Crippen molar-refractivity contribution in [1.82, 2.24) is 0 Å². The van der Waals surface area contributed by atoms with E-state index >= 15 is 0 Å². The molecular weight excluding hydrogens is 314 g/mol. The summed E-state index contributed by atoms with van der Waals surface area (Å²) in [5, 5.41) is 18.8. The van der Waals surface area contributed by atoms with Gasteiger partial charge in [0, 0.05) is 23.7 Å². The topological polar surface area (TPSA) is 77.1 Å².